The van der Waals surface area contributed by atoms with E-state index in [-0.39, 0.29) is 0 Å². The van der Waals surface area contributed by atoms with Gasteiger partial charge in [0.2, 0.25) is 0 Å². The van der Waals surface area contributed by atoms with Gasteiger partial charge in [0.15, 0.2) is 10.2 Å². The molecule has 27 heavy (non-hydrogen) atoms. The highest BCUT2D eigenvalue weighted by Gasteiger charge is 2.08. The van der Waals surface area contributed by atoms with E-state index in [9.17, 15) is 0 Å². The fourth-order valence-electron chi connectivity index (χ4n) is 2.62. The van der Waals surface area contributed by atoms with Crippen molar-refractivity contribution in [3.8, 4) is 5.69 Å². The maximum absolute atomic E-state index is 5.83. The molecule has 0 atom stereocenters. The third-order valence-electron chi connectivity index (χ3n) is 4.05. The van der Waals surface area contributed by atoms with Crippen LogP contribution in [0.2, 0.25) is 0 Å². The van der Waals surface area contributed by atoms with Crippen LogP contribution in [0.5, 0.6) is 0 Å². The second-order valence-corrected chi connectivity index (χ2v) is 7.07. The summed E-state index contributed by atoms with van der Waals surface area (Å²) in [5, 5.41) is 17.4. The number of aromatic nitrogens is 5. The molecule has 0 aliphatic carbocycles. The molecule has 8 heteroatoms. The highest BCUT2D eigenvalue weighted by Crippen LogP contribution is 2.27. The molecule has 3 heterocycles. The molecule has 3 aromatic heterocycles. The molecule has 0 unspecified atom stereocenters. The molecule has 0 amide bonds. The summed E-state index contributed by atoms with van der Waals surface area (Å²) in [5.41, 5.74) is 2.27. The van der Waals surface area contributed by atoms with Gasteiger partial charge in [-0.15, -0.1) is 10.2 Å². The topological polar surface area (TPSA) is 73.7 Å². The standard InChI is InChI=1S/C19H20N6OS/c1-24-14-21-23-19(24)27-18-8-7-17(26-18)12-20-10-9-15-11-22-25(13-15)16-5-3-2-4-6-16/h2-8,11,13-14,20H,9-10,12H2,1H3. The van der Waals surface area contributed by atoms with E-state index in [4.69, 9.17) is 4.42 Å². The maximum Gasteiger partial charge on any atom is 0.198 e. The minimum Gasteiger partial charge on any atom is -0.453 e. The lowest BCUT2D eigenvalue weighted by Gasteiger charge is -2.02. The molecule has 138 valence electrons. The highest BCUT2D eigenvalue weighted by molar-refractivity contribution is 7.99. The Morgan fingerprint density at radius 3 is 2.85 bits per heavy atom. The molecule has 1 N–H and O–H groups in total. The number of benzene rings is 1. The lowest BCUT2D eigenvalue weighted by atomic mass is 10.2. The Labute approximate surface area is 161 Å². The van der Waals surface area contributed by atoms with Gasteiger partial charge in [0, 0.05) is 13.2 Å². The van der Waals surface area contributed by atoms with Gasteiger partial charge in [-0.05, 0) is 54.6 Å². The van der Waals surface area contributed by atoms with E-state index in [1.165, 1.54) is 17.3 Å². The number of hydrogen-bond donors (Lipinski definition) is 1. The van der Waals surface area contributed by atoms with Crippen molar-refractivity contribution in [2.24, 2.45) is 7.05 Å². The van der Waals surface area contributed by atoms with Crippen LogP contribution in [-0.2, 0) is 20.0 Å². The van der Waals surface area contributed by atoms with E-state index in [1.807, 2.05) is 65.0 Å². The van der Waals surface area contributed by atoms with E-state index >= 15 is 0 Å². The summed E-state index contributed by atoms with van der Waals surface area (Å²) in [4.78, 5) is 0. The van der Waals surface area contributed by atoms with E-state index in [2.05, 4.69) is 26.8 Å². The zero-order valence-electron chi connectivity index (χ0n) is 14.9. The minimum atomic E-state index is 0.687. The van der Waals surface area contributed by atoms with Crippen molar-refractivity contribution in [2.45, 2.75) is 23.2 Å². The fraction of sp³-hybridized carbons (Fsp3) is 0.211. The lowest BCUT2D eigenvalue weighted by Crippen LogP contribution is -2.16. The van der Waals surface area contributed by atoms with Crippen LogP contribution in [-0.4, -0.2) is 31.1 Å². The van der Waals surface area contributed by atoms with Crippen LogP contribution in [0.3, 0.4) is 0 Å². The van der Waals surface area contributed by atoms with Gasteiger partial charge in [0.05, 0.1) is 18.4 Å². The predicted octanol–water partition coefficient (Wildman–Crippen LogP) is 3.08. The molecule has 0 saturated carbocycles. The lowest BCUT2D eigenvalue weighted by molar-refractivity contribution is 0.416. The van der Waals surface area contributed by atoms with Crippen LogP contribution in [0.25, 0.3) is 5.69 Å². The van der Waals surface area contributed by atoms with Gasteiger partial charge in [0.25, 0.3) is 0 Å². The fourth-order valence-corrected chi connectivity index (χ4v) is 3.36. The molecule has 4 aromatic rings. The van der Waals surface area contributed by atoms with Crippen molar-refractivity contribution >= 4 is 11.8 Å². The van der Waals surface area contributed by atoms with Crippen LogP contribution < -0.4 is 5.32 Å². The average Bonchev–Trinajstić information content (AvgIpc) is 3.43. The Balaban J connectivity index is 1.24. The normalized spacial score (nSPS) is 11.1. The quantitative estimate of drug-likeness (QED) is 0.474. The molecular formula is C19H20N6OS. The summed E-state index contributed by atoms with van der Waals surface area (Å²) in [7, 11) is 1.91. The number of para-hydroxylation sites is 1. The second-order valence-electron chi connectivity index (χ2n) is 6.10. The van der Waals surface area contributed by atoms with Crippen molar-refractivity contribution in [2.75, 3.05) is 6.54 Å². The molecular weight excluding hydrogens is 360 g/mol. The number of aryl methyl sites for hydroxylation is 1. The zero-order valence-corrected chi connectivity index (χ0v) is 15.8. The van der Waals surface area contributed by atoms with E-state index < -0.39 is 0 Å². The summed E-state index contributed by atoms with van der Waals surface area (Å²) in [6, 6.07) is 14.1. The van der Waals surface area contributed by atoms with E-state index in [0.29, 0.717) is 6.54 Å². The molecule has 0 radical (unpaired) electrons. The highest BCUT2D eigenvalue weighted by atomic mass is 32.2. The summed E-state index contributed by atoms with van der Waals surface area (Å²) < 4.78 is 9.59. The summed E-state index contributed by atoms with van der Waals surface area (Å²) in [6.45, 7) is 1.54. The first kappa shape index (κ1) is 17.6. The largest absolute Gasteiger partial charge is 0.453 e. The van der Waals surface area contributed by atoms with Crippen LogP contribution >= 0.6 is 11.8 Å². The first-order chi connectivity index (χ1) is 13.3. The summed E-state index contributed by atoms with van der Waals surface area (Å²) in [6.07, 6.45) is 6.57. The molecule has 1 aromatic carbocycles. The monoisotopic (exact) mass is 380 g/mol. The van der Waals surface area contributed by atoms with Gasteiger partial charge in [-0.2, -0.15) is 5.10 Å². The van der Waals surface area contributed by atoms with Gasteiger partial charge >= 0.3 is 0 Å². The van der Waals surface area contributed by atoms with Gasteiger partial charge in [0.1, 0.15) is 12.1 Å². The predicted molar refractivity (Wildman–Crippen MR) is 103 cm³/mol. The molecule has 4 rings (SSSR count). The van der Waals surface area contributed by atoms with Gasteiger partial charge in [-0.1, -0.05) is 18.2 Å². The van der Waals surface area contributed by atoms with Gasteiger partial charge in [-0.3, -0.25) is 0 Å². The number of nitrogens with zero attached hydrogens (tertiary/aromatic N) is 5. The van der Waals surface area contributed by atoms with E-state index in [1.54, 1.807) is 6.33 Å². The SMILES string of the molecule is Cn1cnnc1Sc1ccc(CNCCc2cnn(-c3ccccc3)c2)o1. The molecule has 7 nitrogen and oxygen atoms in total. The third-order valence-corrected chi connectivity index (χ3v) is 5.02. The Morgan fingerprint density at radius 2 is 2.04 bits per heavy atom. The Hall–Kier alpha value is -2.84. The summed E-state index contributed by atoms with van der Waals surface area (Å²) in [5.74, 6) is 0.902. The molecule has 0 saturated heterocycles. The van der Waals surface area contributed by atoms with Crippen molar-refractivity contribution in [3.63, 3.8) is 0 Å². The zero-order chi connectivity index (χ0) is 18.5. The van der Waals surface area contributed by atoms with Crippen LogP contribution in [0.1, 0.15) is 11.3 Å². The van der Waals surface area contributed by atoms with Crippen molar-refractivity contribution in [1.82, 2.24) is 29.9 Å². The molecule has 0 bridgehead atoms. The molecule has 0 fully saturated rings. The Kier molecular flexibility index (Phi) is 5.36. The number of rotatable bonds is 8. The Morgan fingerprint density at radius 1 is 1.15 bits per heavy atom. The van der Waals surface area contributed by atoms with Crippen LogP contribution in [0, 0.1) is 0 Å². The first-order valence-electron chi connectivity index (χ1n) is 8.68. The first-order valence-corrected chi connectivity index (χ1v) is 9.50. The average molecular weight is 380 g/mol. The van der Waals surface area contributed by atoms with Crippen molar-refractivity contribution in [3.05, 3.63) is 72.5 Å². The smallest absolute Gasteiger partial charge is 0.198 e. The number of hydrogen-bond acceptors (Lipinski definition) is 6. The van der Waals surface area contributed by atoms with Crippen LogP contribution in [0.4, 0.5) is 0 Å². The minimum absolute atomic E-state index is 0.687. The summed E-state index contributed by atoms with van der Waals surface area (Å²) >= 11 is 1.46. The molecule has 0 aliphatic heterocycles. The number of furan rings is 1. The van der Waals surface area contributed by atoms with Gasteiger partial charge < -0.3 is 14.3 Å². The number of nitrogens with one attached hydrogen (secondary N) is 1. The van der Waals surface area contributed by atoms with Crippen molar-refractivity contribution < 1.29 is 4.42 Å². The van der Waals surface area contributed by atoms with Crippen LogP contribution in [0.15, 0.2) is 75.9 Å². The molecule has 0 aliphatic rings. The van der Waals surface area contributed by atoms with Gasteiger partial charge in [-0.25, -0.2) is 4.68 Å². The third kappa shape index (κ3) is 4.47. The van der Waals surface area contributed by atoms with E-state index in [0.717, 1.165) is 34.7 Å². The maximum atomic E-state index is 5.83. The Bertz CT molecular complexity index is 990. The molecule has 0 spiro atoms. The van der Waals surface area contributed by atoms with Crippen molar-refractivity contribution in [1.29, 1.82) is 0 Å². The second kappa shape index (κ2) is 8.24.